The van der Waals surface area contributed by atoms with Crippen molar-refractivity contribution in [2.45, 2.75) is 26.7 Å². The van der Waals surface area contributed by atoms with E-state index < -0.39 is 0 Å². The van der Waals surface area contributed by atoms with Crippen molar-refractivity contribution < 1.29 is 0 Å². The summed E-state index contributed by atoms with van der Waals surface area (Å²) in [6.45, 7) is 6.29. The summed E-state index contributed by atoms with van der Waals surface area (Å²) in [5, 5.41) is 4.92. The Balaban J connectivity index is 1.39. The minimum Gasteiger partial charge on any atom is -0.342 e. The van der Waals surface area contributed by atoms with Crippen LogP contribution in [-0.2, 0) is 0 Å². The fourth-order valence-electron chi connectivity index (χ4n) is 4.54. The van der Waals surface area contributed by atoms with Crippen molar-refractivity contribution >= 4 is 32.6 Å². The van der Waals surface area contributed by atoms with Crippen molar-refractivity contribution in [3.8, 4) is 22.4 Å². The van der Waals surface area contributed by atoms with Gasteiger partial charge in [-0.3, -0.25) is 0 Å². The zero-order valence-corrected chi connectivity index (χ0v) is 18.4. The molecule has 0 bridgehead atoms. The number of benzene rings is 4. The zero-order chi connectivity index (χ0) is 21.8. The summed E-state index contributed by atoms with van der Waals surface area (Å²) in [6.07, 6.45) is 1.92. The number of aryl methyl sites for hydroxylation is 1. The average molecular weight is 417 g/mol. The average Bonchev–Trinajstić information content (AvgIpc) is 3.45. The molecular formula is C28H24N4. The Morgan fingerprint density at radius 1 is 0.719 bits per heavy atom. The summed E-state index contributed by atoms with van der Waals surface area (Å²) >= 11 is 0. The van der Waals surface area contributed by atoms with E-state index in [4.69, 9.17) is 4.98 Å². The number of aromatic amines is 2. The topological polar surface area (TPSA) is 57.4 Å². The van der Waals surface area contributed by atoms with Crippen molar-refractivity contribution in [1.29, 1.82) is 0 Å². The number of hydrogen-bond donors (Lipinski definition) is 2. The van der Waals surface area contributed by atoms with Crippen LogP contribution < -0.4 is 0 Å². The zero-order valence-electron chi connectivity index (χ0n) is 18.4. The third kappa shape index (κ3) is 2.99. The van der Waals surface area contributed by atoms with E-state index in [2.05, 4.69) is 95.5 Å². The van der Waals surface area contributed by atoms with E-state index in [1.165, 1.54) is 32.7 Å². The number of rotatable bonds is 3. The highest BCUT2D eigenvalue weighted by atomic mass is 14.9. The van der Waals surface area contributed by atoms with Crippen LogP contribution in [0.2, 0.25) is 0 Å². The van der Waals surface area contributed by atoms with Crippen LogP contribution in [0.3, 0.4) is 0 Å². The first-order valence-corrected chi connectivity index (χ1v) is 11.0. The standard InChI is InChI=1S/C28H24N4/c1-16(2)28-29-15-26(32-28)19-6-4-18(5-7-19)20-8-10-22-21(14-20)9-11-24-23(22)12-13-25-27(24)31-17(3)30-25/h4-16H,1-3H3,(H,29,32)(H,30,31). The molecule has 0 aliphatic carbocycles. The van der Waals surface area contributed by atoms with E-state index in [0.29, 0.717) is 5.92 Å². The van der Waals surface area contributed by atoms with Crippen molar-refractivity contribution in [3.63, 3.8) is 0 Å². The van der Waals surface area contributed by atoms with Gasteiger partial charge in [-0.05, 0) is 51.9 Å². The highest BCUT2D eigenvalue weighted by molar-refractivity contribution is 6.16. The van der Waals surface area contributed by atoms with Crippen LogP contribution in [0.15, 0.2) is 72.9 Å². The molecule has 0 radical (unpaired) electrons. The Labute approximate surface area is 186 Å². The summed E-state index contributed by atoms with van der Waals surface area (Å²) in [5.41, 5.74) is 6.76. The molecule has 4 aromatic carbocycles. The van der Waals surface area contributed by atoms with Gasteiger partial charge in [0.25, 0.3) is 0 Å². The van der Waals surface area contributed by atoms with Gasteiger partial charge in [0, 0.05) is 11.3 Å². The highest BCUT2D eigenvalue weighted by Gasteiger charge is 2.10. The van der Waals surface area contributed by atoms with Crippen LogP contribution >= 0.6 is 0 Å². The fourth-order valence-corrected chi connectivity index (χ4v) is 4.54. The van der Waals surface area contributed by atoms with Gasteiger partial charge in [-0.25, -0.2) is 9.97 Å². The molecule has 6 aromatic rings. The third-order valence-corrected chi connectivity index (χ3v) is 6.26. The molecule has 6 rings (SSSR count). The predicted molar refractivity (Wildman–Crippen MR) is 133 cm³/mol. The molecular weight excluding hydrogens is 392 g/mol. The number of H-pyrrole nitrogens is 2. The molecule has 0 fully saturated rings. The van der Waals surface area contributed by atoms with Gasteiger partial charge in [0.1, 0.15) is 11.6 Å². The molecule has 2 heterocycles. The SMILES string of the molecule is Cc1nc2c(ccc3c4ccc(-c5ccc(-c6cnc(C(C)C)[nH]6)cc5)cc4ccc32)[nH]1. The van der Waals surface area contributed by atoms with E-state index in [-0.39, 0.29) is 0 Å². The summed E-state index contributed by atoms with van der Waals surface area (Å²) in [7, 11) is 0. The summed E-state index contributed by atoms with van der Waals surface area (Å²) < 4.78 is 0. The maximum Gasteiger partial charge on any atom is 0.109 e. The lowest BCUT2D eigenvalue weighted by Crippen LogP contribution is -1.89. The van der Waals surface area contributed by atoms with E-state index in [9.17, 15) is 0 Å². The van der Waals surface area contributed by atoms with Crippen LogP contribution in [0.4, 0.5) is 0 Å². The Kier molecular flexibility index (Phi) is 4.15. The molecule has 0 spiro atoms. The Morgan fingerprint density at radius 3 is 2.22 bits per heavy atom. The minimum atomic E-state index is 0.393. The fraction of sp³-hybridized carbons (Fsp3) is 0.143. The third-order valence-electron chi connectivity index (χ3n) is 6.26. The van der Waals surface area contributed by atoms with Crippen LogP contribution in [0.25, 0.3) is 55.0 Å². The van der Waals surface area contributed by atoms with Gasteiger partial charge in [0.05, 0.1) is 22.9 Å². The number of nitrogens with one attached hydrogen (secondary N) is 2. The second-order valence-corrected chi connectivity index (χ2v) is 8.79. The smallest absolute Gasteiger partial charge is 0.109 e. The molecule has 0 aliphatic rings. The summed E-state index contributed by atoms with van der Waals surface area (Å²) in [5.74, 6) is 2.36. The molecule has 0 atom stereocenters. The first-order valence-electron chi connectivity index (χ1n) is 11.0. The normalized spacial score (nSPS) is 11.9. The maximum atomic E-state index is 4.69. The Morgan fingerprint density at radius 2 is 1.44 bits per heavy atom. The van der Waals surface area contributed by atoms with E-state index in [0.717, 1.165) is 33.9 Å². The molecule has 0 saturated heterocycles. The second-order valence-electron chi connectivity index (χ2n) is 8.79. The van der Waals surface area contributed by atoms with E-state index in [1.54, 1.807) is 0 Å². The molecule has 0 unspecified atom stereocenters. The number of nitrogens with zero attached hydrogens (tertiary/aromatic N) is 2. The van der Waals surface area contributed by atoms with Crippen molar-refractivity contribution in [2.75, 3.05) is 0 Å². The van der Waals surface area contributed by atoms with E-state index in [1.807, 2.05) is 13.1 Å². The van der Waals surface area contributed by atoms with Crippen LogP contribution in [0.5, 0.6) is 0 Å². The molecule has 0 aliphatic heterocycles. The van der Waals surface area contributed by atoms with Crippen LogP contribution in [-0.4, -0.2) is 19.9 Å². The molecule has 0 amide bonds. The lowest BCUT2D eigenvalue weighted by atomic mass is 9.96. The highest BCUT2D eigenvalue weighted by Crippen LogP contribution is 2.33. The van der Waals surface area contributed by atoms with Gasteiger partial charge in [0.2, 0.25) is 0 Å². The van der Waals surface area contributed by atoms with Crippen LogP contribution in [0.1, 0.15) is 31.4 Å². The molecule has 156 valence electrons. The van der Waals surface area contributed by atoms with Crippen molar-refractivity contribution in [3.05, 3.63) is 84.6 Å². The number of hydrogen-bond acceptors (Lipinski definition) is 2. The molecule has 2 aromatic heterocycles. The van der Waals surface area contributed by atoms with Gasteiger partial charge in [0.15, 0.2) is 0 Å². The summed E-state index contributed by atoms with van der Waals surface area (Å²) in [6, 6.07) is 24.1. The second kappa shape index (κ2) is 7.06. The monoisotopic (exact) mass is 416 g/mol. The van der Waals surface area contributed by atoms with Crippen LogP contribution in [0, 0.1) is 6.92 Å². The van der Waals surface area contributed by atoms with E-state index >= 15 is 0 Å². The Bertz CT molecular complexity index is 1600. The molecule has 4 heteroatoms. The number of aromatic nitrogens is 4. The number of fused-ring (bicyclic) bond motifs is 5. The largest absolute Gasteiger partial charge is 0.342 e. The van der Waals surface area contributed by atoms with Gasteiger partial charge in [-0.2, -0.15) is 0 Å². The van der Waals surface area contributed by atoms with Crippen molar-refractivity contribution in [2.24, 2.45) is 0 Å². The minimum absolute atomic E-state index is 0.393. The van der Waals surface area contributed by atoms with Gasteiger partial charge < -0.3 is 9.97 Å². The lowest BCUT2D eigenvalue weighted by Gasteiger charge is -2.08. The first kappa shape index (κ1) is 18.8. The van der Waals surface area contributed by atoms with Gasteiger partial charge in [-0.15, -0.1) is 0 Å². The first-order chi connectivity index (χ1) is 15.6. The number of imidazole rings is 2. The quantitative estimate of drug-likeness (QED) is 0.296. The maximum absolute atomic E-state index is 4.69. The predicted octanol–water partition coefficient (Wildman–Crippen LogP) is 7.36. The summed E-state index contributed by atoms with van der Waals surface area (Å²) in [4.78, 5) is 15.9. The molecule has 32 heavy (non-hydrogen) atoms. The van der Waals surface area contributed by atoms with Gasteiger partial charge in [-0.1, -0.05) is 68.4 Å². The molecule has 4 nitrogen and oxygen atoms in total. The molecule has 2 N–H and O–H groups in total. The Hall–Kier alpha value is -3.92. The van der Waals surface area contributed by atoms with Gasteiger partial charge >= 0.3 is 0 Å². The van der Waals surface area contributed by atoms with Crippen molar-refractivity contribution in [1.82, 2.24) is 19.9 Å². The lowest BCUT2D eigenvalue weighted by molar-refractivity contribution is 0.795. The molecule has 0 saturated carbocycles.